The van der Waals surface area contributed by atoms with E-state index >= 15 is 0 Å². The Labute approximate surface area is 197 Å². The molecule has 3 aromatic carbocycles. The molecule has 1 aliphatic heterocycles. The first kappa shape index (κ1) is 21.9. The van der Waals surface area contributed by atoms with E-state index in [1.807, 2.05) is 36.4 Å². The lowest BCUT2D eigenvalue weighted by molar-refractivity contribution is 0.0882. The SMILES string of the molecule is COc1ccccc1CN1COc2ccc3c(=O)c(-c4ccc(OC)c(OC)c4)coc3c2C1. The number of nitrogens with zero attached hydrogens (tertiary/aromatic N) is 1. The van der Waals surface area contributed by atoms with Crippen LogP contribution in [0.25, 0.3) is 22.1 Å². The molecular formula is C27H25NO6. The second kappa shape index (κ2) is 9.11. The minimum absolute atomic E-state index is 0.113. The van der Waals surface area contributed by atoms with Crippen molar-refractivity contribution in [3.63, 3.8) is 0 Å². The first-order valence-corrected chi connectivity index (χ1v) is 10.9. The van der Waals surface area contributed by atoms with Crippen molar-refractivity contribution in [3.8, 4) is 34.1 Å². The Balaban J connectivity index is 1.51. The van der Waals surface area contributed by atoms with Gasteiger partial charge in [0.2, 0.25) is 5.43 Å². The third kappa shape index (κ3) is 3.84. The standard InChI is InChI=1S/C27H25NO6/c1-30-22-7-5-4-6-18(22)13-28-14-20-23(34-16-28)11-9-19-26(29)21(15-33-27(19)20)17-8-10-24(31-2)25(12-17)32-3/h4-12,15H,13-14,16H2,1-3H3. The molecule has 174 valence electrons. The molecule has 7 heteroatoms. The van der Waals surface area contributed by atoms with Crippen LogP contribution in [-0.2, 0) is 13.1 Å². The van der Waals surface area contributed by atoms with Crippen LogP contribution < -0.4 is 24.4 Å². The van der Waals surface area contributed by atoms with Gasteiger partial charge in [-0.25, -0.2) is 0 Å². The molecule has 0 spiro atoms. The first-order chi connectivity index (χ1) is 16.6. The summed E-state index contributed by atoms with van der Waals surface area (Å²) in [5.41, 5.74) is 3.50. The molecular weight excluding hydrogens is 434 g/mol. The number of rotatable bonds is 6. The fraction of sp³-hybridized carbons (Fsp3) is 0.222. The third-order valence-electron chi connectivity index (χ3n) is 6.07. The first-order valence-electron chi connectivity index (χ1n) is 10.9. The van der Waals surface area contributed by atoms with Crippen LogP contribution >= 0.6 is 0 Å². The van der Waals surface area contributed by atoms with Crippen LogP contribution in [0.2, 0.25) is 0 Å². The van der Waals surface area contributed by atoms with Gasteiger partial charge in [0.15, 0.2) is 11.5 Å². The highest BCUT2D eigenvalue weighted by molar-refractivity contribution is 5.86. The van der Waals surface area contributed by atoms with Gasteiger partial charge in [-0.3, -0.25) is 9.69 Å². The number of para-hydroxylation sites is 1. The molecule has 2 heterocycles. The molecule has 4 aromatic rings. The summed E-state index contributed by atoms with van der Waals surface area (Å²) in [6.07, 6.45) is 1.51. The van der Waals surface area contributed by atoms with Crippen molar-refractivity contribution in [2.24, 2.45) is 0 Å². The van der Waals surface area contributed by atoms with Gasteiger partial charge >= 0.3 is 0 Å². The maximum Gasteiger partial charge on any atom is 0.200 e. The molecule has 7 nitrogen and oxygen atoms in total. The van der Waals surface area contributed by atoms with Crippen LogP contribution in [0.15, 0.2) is 70.1 Å². The number of methoxy groups -OCH3 is 3. The lowest BCUT2D eigenvalue weighted by atomic mass is 10.0. The normalized spacial score (nSPS) is 13.3. The van der Waals surface area contributed by atoms with Gasteiger partial charge in [-0.1, -0.05) is 24.3 Å². The Morgan fingerprint density at radius 1 is 0.912 bits per heavy atom. The van der Waals surface area contributed by atoms with Gasteiger partial charge in [-0.05, 0) is 35.9 Å². The molecule has 0 aliphatic carbocycles. The van der Waals surface area contributed by atoms with E-state index in [2.05, 4.69) is 4.90 Å². The summed E-state index contributed by atoms with van der Waals surface area (Å²) in [7, 11) is 4.80. The average molecular weight is 459 g/mol. The van der Waals surface area contributed by atoms with E-state index in [0.29, 0.717) is 53.4 Å². The molecule has 0 atom stereocenters. The Bertz CT molecular complexity index is 1410. The van der Waals surface area contributed by atoms with Gasteiger partial charge in [0, 0.05) is 18.7 Å². The molecule has 5 rings (SSSR count). The predicted molar refractivity (Wildman–Crippen MR) is 129 cm³/mol. The van der Waals surface area contributed by atoms with E-state index < -0.39 is 0 Å². The Kier molecular flexibility index (Phi) is 5.86. The molecule has 0 fully saturated rings. The van der Waals surface area contributed by atoms with Crippen molar-refractivity contribution >= 4 is 11.0 Å². The molecule has 0 saturated heterocycles. The topological polar surface area (TPSA) is 70.4 Å². The molecule has 0 saturated carbocycles. The van der Waals surface area contributed by atoms with Gasteiger partial charge in [0.25, 0.3) is 0 Å². The lowest BCUT2D eigenvalue weighted by Crippen LogP contribution is -2.32. The van der Waals surface area contributed by atoms with E-state index in [9.17, 15) is 4.79 Å². The van der Waals surface area contributed by atoms with Crippen LogP contribution in [0, 0.1) is 0 Å². The van der Waals surface area contributed by atoms with E-state index in [1.165, 1.54) is 6.26 Å². The van der Waals surface area contributed by atoms with Crippen LogP contribution in [0.3, 0.4) is 0 Å². The number of fused-ring (bicyclic) bond motifs is 3. The van der Waals surface area contributed by atoms with Gasteiger partial charge in [0.1, 0.15) is 30.1 Å². The van der Waals surface area contributed by atoms with E-state index in [0.717, 1.165) is 22.6 Å². The minimum atomic E-state index is -0.113. The third-order valence-corrected chi connectivity index (χ3v) is 6.07. The summed E-state index contributed by atoms with van der Waals surface area (Å²) < 4.78 is 28.2. The van der Waals surface area contributed by atoms with E-state index in [1.54, 1.807) is 39.5 Å². The smallest absolute Gasteiger partial charge is 0.200 e. The molecule has 1 aliphatic rings. The van der Waals surface area contributed by atoms with Crippen LogP contribution in [0.5, 0.6) is 23.0 Å². The van der Waals surface area contributed by atoms with Crippen molar-refractivity contribution < 1.29 is 23.4 Å². The molecule has 0 bridgehead atoms. The molecule has 0 N–H and O–H groups in total. The van der Waals surface area contributed by atoms with Crippen molar-refractivity contribution in [2.45, 2.75) is 13.1 Å². The zero-order valence-electron chi connectivity index (χ0n) is 19.3. The molecule has 1 aromatic heterocycles. The lowest BCUT2D eigenvalue weighted by Gasteiger charge is -2.29. The summed E-state index contributed by atoms with van der Waals surface area (Å²) in [5.74, 6) is 2.70. The minimum Gasteiger partial charge on any atom is -0.496 e. The Hall–Kier alpha value is -3.97. The van der Waals surface area contributed by atoms with Crippen molar-refractivity contribution in [3.05, 3.63) is 82.2 Å². The van der Waals surface area contributed by atoms with Gasteiger partial charge in [-0.15, -0.1) is 0 Å². The summed E-state index contributed by atoms with van der Waals surface area (Å²) >= 11 is 0. The Morgan fingerprint density at radius 3 is 2.50 bits per heavy atom. The molecule has 0 amide bonds. The van der Waals surface area contributed by atoms with Crippen LogP contribution in [0.4, 0.5) is 0 Å². The van der Waals surface area contributed by atoms with E-state index in [-0.39, 0.29) is 5.43 Å². The quantitative estimate of drug-likeness (QED) is 0.409. The second-order valence-corrected chi connectivity index (χ2v) is 8.04. The molecule has 0 unspecified atom stereocenters. The van der Waals surface area contributed by atoms with Gasteiger partial charge in [-0.2, -0.15) is 0 Å². The summed E-state index contributed by atoms with van der Waals surface area (Å²) in [6.45, 7) is 1.67. The van der Waals surface area contributed by atoms with E-state index in [4.69, 9.17) is 23.4 Å². The fourth-order valence-corrected chi connectivity index (χ4v) is 4.33. The number of ether oxygens (including phenoxy) is 4. The van der Waals surface area contributed by atoms with Crippen LogP contribution in [-0.4, -0.2) is 33.0 Å². The average Bonchev–Trinajstić information content (AvgIpc) is 2.88. The molecule has 34 heavy (non-hydrogen) atoms. The summed E-state index contributed by atoms with van der Waals surface area (Å²) in [5, 5.41) is 0.508. The van der Waals surface area contributed by atoms with Crippen molar-refractivity contribution in [2.75, 3.05) is 28.1 Å². The van der Waals surface area contributed by atoms with Gasteiger partial charge < -0.3 is 23.4 Å². The second-order valence-electron chi connectivity index (χ2n) is 8.04. The van der Waals surface area contributed by atoms with Crippen molar-refractivity contribution in [1.29, 1.82) is 0 Å². The van der Waals surface area contributed by atoms with Crippen LogP contribution in [0.1, 0.15) is 11.1 Å². The largest absolute Gasteiger partial charge is 0.496 e. The highest BCUT2D eigenvalue weighted by Crippen LogP contribution is 2.35. The number of hydrogen-bond donors (Lipinski definition) is 0. The number of benzene rings is 3. The number of hydrogen-bond acceptors (Lipinski definition) is 7. The summed E-state index contributed by atoms with van der Waals surface area (Å²) in [4.78, 5) is 15.6. The fourth-order valence-electron chi connectivity index (χ4n) is 4.33. The van der Waals surface area contributed by atoms with Crippen molar-refractivity contribution in [1.82, 2.24) is 4.90 Å². The Morgan fingerprint density at radius 2 is 1.71 bits per heavy atom. The molecule has 0 radical (unpaired) electrons. The summed E-state index contributed by atoms with van der Waals surface area (Å²) in [6, 6.07) is 16.9. The predicted octanol–water partition coefficient (Wildman–Crippen LogP) is 4.84. The van der Waals surface area contributed by atoms with Gasteiger partial charge in [0.05, 0.1) is 37.8 Å². The highest BCUT2D eigenvalue weighted by atomic mass is 16.5. The zero-order chi connectivity index (χ0) is 23.7. The maximum absolute atomic E-state index is 13.4. The highest BCUT2D eigenvalue weighted by Gasteiger charge is 2.24. The maximum atomic E-state index is 13.4. The zero-order valence-corrected chi connectivity index (χ0v) is 19.3. The monoisotopic (exact) mass is 459 g/mol.